The number of ether oxygens (including phenoxy) is 3. The van der Waals surface area contributed by atoms with Crippen molar-refractivity contribution in [3.63, 3.8) is 0 Å². The summed E-state index contributed by atoms with van der Waals surface area (Å²) >= 11 is 0. The molecule has 2 heterocycles. The maximum absolute atomic E-state index is 12.7. The molecular weight excluding hydrogens is 362 g/mol. The van der Waals surface area contributed by atoms with Crippen LogP contribution in [0.1, 0.15) is 29.0 Å². The molecule has 8 heteroatoms. The number of aromatic nitrogens is 2. The third-order valence-electron chi connectivity index (χ3n) is 4.91. The minimum absolute atomic E-state index is 0.0816. The molecule has 0 bridgehead atoms. The van der Waals surface area contributed by atoms with E-state index in [1.807, 2.05) is 42.2 Å². The van der Waals surface area contributed by atoms with Crippen LogP contribution in [0.5, 0.6) is 0 Å². The van der Waals surface area contributed by atoms with Crippen molar-refractivity contribution in [2.45, 2.75) is 19.0 Å². The Balaban J connectivity index is 1.69. The van der Waals surface area contributed by atoms with Crippen molar-refractivity contribution in [2.24, 2.45) is 0 Å². The van der Waals surface area contributed by atoms with Crippen molar-refractivity contribution in [3.05, 3.63) is 54.1 Å². The summed E-state index contributed by atoms with van der Waals surface area (Å²) in [5, 5.41) is 0. The average molecular weight is 387 g/mol. The predicted octanol–water partition coefficient (Wildman–Crippen LogP) is 1.52. The summed E-state index contributed by atoms with van der Waals surface area (Å²) in [6.45, 7) is 4.13. The Morgan fingerprint density at radius 2 is 1.93 bits per heavy atom. The van der Waals surface area contributed by atoms with E-state index in [2.05, 4.69) is 4.98 Å². The van der Waals surface area contributed by atoms with Crippen LogP contribution in [-0.2, 0) is 19.0 Å². The van der Waals surface area contributed by atoms with E-state index in [-0.39, 0.29) is 12.6 Å². The molecule has 0 radical (unpaired) electrons. The molecule has 1 unspecified atom stereocenters. The second kappa shape index (κ2) is 9.48. The van der Waals surface area contributed by atoms with Gasteiger partial charge in [0.05, 0.1) is 38.9 Å². The van der Waals surface area contributed by atoms with Gasteiger partial charge in [0, 0.05) is 13.1 Å². The van der Waals surface area contributed by atoms with Crippen LogP contribution in [0.4, 0.5) is 0 Å². The summed E-state index contributed by atoms with van der Waals surface area (Å²) in [6.07, 6.45) is 3.08. The van der Waals surface area contributed by atoms with Gasteiger partial charge in [0.25, 0.3) is 0 Å². The highest BCUT2D eigenvalue weighted by molar-refractivity contribution is 5.87. The Bertz CT molecular complexity index is 786. The van der Waals surface area contributed by atoms with E-state index < -0.39 is 18.0 Å². The van der Waals surface area contributed by atoms with Crippen LogP contribution in [-0.4, -0.2) is 72.5 Å². The van der Waals surface area contributed by atoms with Crippen LogP contribution in [0, 0.1) is 0 Å². The van der Waals surface area contributed by atoms with E-state index in [0.717, 1.165) is 5.56 Å². The lowest BCUT2D eigenvalue weighted by Crippen LogP contribution is -2.50. The van der Waals surface area contributed by atoms with Crippen LogP contribution in [0.15, 0.2) is 42.9 Å². The van der Waals surface area contributed by atoms with Gasteiger partial charge in [0.2, 0.25) is 0 Å². The van der Waals surface area contributed by atoms with E-state index in [0.29, 0.717) is 32.0 Å². The second-order valence-electron chi connectivity index (χ2n) is 6.56. The number of benzene rings is 1. The highest BCUT2D eigenvalue weighted by Crippen LogP contribution is 2.20. The van der Waals surface area contributed by atoms with Gasteiger partial charge >= 0.3 is 11.9 Å². The fourth-order valence-corrected chi connectivity index (χ4v) is 3.24. The van der Waals surface area contributed by atoms with Crippen molar-refractivity contribution in [1.29, 1.82) is 0 Å². The summed E-state index contributed by atoms with van der Waals surface area (Å²) in [5.41, 5.74) is 1.39. The number of morpholine rings is 1. The first kappa shape index (κ1) is 20.0. The van der Waals surface area contributed by atoms with E-state index in [1.54, 1.807) is 10.9 Å². The lowest BCUT2D eigenvalue weighted by Gasteiger charge is -2.32. The maximum atomic E-state index is 12.7. The van der Waals surface area contributed by atoms with Gasteiger partial charge in [-0.05, 0) is 12.5 Å². The number of imidazole rings is 1. The van der Waals surface area contributed by atoms with Crippen molar-refractivity contribution in [3.8, 4) is 0 Å². The van der Waals surface area contributed by atoms with E-state index in [9.17, 15) is 9.59 Å². The fraction of sp³-hybridized carbons (Fsp3) is 0.450. The Kier molecular flexibility index (Phi) is 6.78. The van der Waals surface area contributed by atoms with Gasteiger partial charge in [-0.2, -0.15) is 0 Å². The van der Waals surface area contributed by atoms with Crippen LogP contribution < -0.4 is 0 Å². The van der Waals surface area contributed by atoms with Gasteiger partial charge < -0.3 is 18.8 Å². The molecule has 3 rings (SSSR count). The summed E-state index contributed by atoms with van der Waals surface area (Å²) < 4.78 is 17.4. The lowest BCUT2D eigenvalue weighted by atomic mass is 10.1. The third-order valence-corrected chi connectivity index (χ3v) is 4.91. The first-order valence-corrected chi connectivity index (χ1v) is 9.25. The smallest absolute Gasteiger partial charge is 0.356 e. The zero-order valence-electron chi connectivity index (χ0n) is 16.1. The molecule has 2 aromatic rings. The molecule has 1 aromatic carbocycles. The highest BCUT2D eigenvalue weighted by atomic mass is 16.5. The van der Waals surface area contributed by atoms with Gasteiger partial charge in [-0.15, -0.1) is 0 Å². The number of carbonyl (C=O) groups is 2. The van der Waals surface area contributed by atoms with Crippen molar-refractivity contribution in [2.75, 3.05) is 40.0 Å². The molecule has 1 aliphatic rings. The number of hydrogen-bond acceptors (Lipinski definition) is 7. The van der Waals surface area contributed by atoms with Crippen molar-refractivity contribution in [1.82, 2.24) is 14.5 Å². The monoisotopic (exact) mass is 387 g/mol. The molecule has 28 heavy (non-hydrogen) atoms. The molecule has 0 saturated carbocycles. The van der Waals surface area contributed by atoms with Gasteiger partial charge in [-0.3, -0.25) is 9.69 Å². The second-order valence-corrected chi connectivity index (χ2v) is 6.56. The van der Waals surface area contributed by atoms with Crippen LogP contribution >= 0.6 is 0 Å². The van der Waals surface area contributed by atoms with E-state index >= 15 is 0 Å². The minimum atomic E-state index is -0.652. The predicted molar refractivity (Wildman–Crippen MR) is 101 cm³/mol. The van der Waals surface area contributed by atoms with Gasteiger partial charge in [-0.25, -0.2) is 9.78 Å². The zero-order chi connectivity index (χ0) is 19.9. The number of esters is 2. The quantitative estimate of drug-likeness (QED) is 0.666. The number of carbonyl (C=O) groups excluding carboxylic acids is 2. The fourth-order valence-electron chi connectivity index (χ4n) is 3.24. The molecule has 150 valence electrons. The number of rotatable bonds is 7. The van der Waals surface area contributed by atoms with Gasteiger partial charge in [0.1, 0.15) is 18.3 Å². The molecule has 0 N–H and O–H groups in total. The molecule has 1 aliphatic heterocycles. The van der Waals surface area contributed by atoms with E-state index in [1.165, 1.54) is 13.3 Å². The van der Waals surface area contributed by atoms with Gasteiger partial charge in [0.15, 0.2) is 0 Å². The zero-order valence-corrected chi connectivity index (χ0v) is 16.1. The topological polar surface area (TPSA) is 82.9 Å². The molecule has 8 nitrogen and oxygen atoms in total. The number of methoxy groups -OCH3 is 1. The Morgan fingerprint density at radius 3 is 2.61 bits per heavy atom. The first-order chi connectivity index (χ1) is 13.6. The Morgan fingerprint density at radius 1 is 1.21 bits per heavy atom. The third kappa shape index (κ3) is 4.58. The molecule has 0 spiro atoms. The van der Waals surface area contributed by atoms with Gasteiger partial charge in [-0.1, -0.05) is 30.3 Å². The summed E-state index contributed by atoms with van der Waals surface area (Å²) in [4.78, 5) is 30.8. The average Bonchev–Trinajstić information content (AvgIpc) is 3.24. The summed E-state index contributed by atoms with van der Waals surface area (Å²) in [6, 6.07) is 9.09. The molecule has 0 amide bonds. The lowest BCUT2D eigenvalue weighted by molar-refractivity contribution is -0.150. The molecule has 1 saturated heterocycles. The normalized spacial score (nSPS) is 16.9. The highest BCUT2D eigenvalue weighted by Gasteiger charge is 2.30. The molecule has 0 aliphatic carbocycles. The molecule has 1 fully saturated rings. The maximum Gasteiger partial charge on any atom is 0.356 e. The van der Waals surface area contributed by atoms with Crippen molar-refractivity contribution >= 4 is 11.9 Å². The van der Waals surface area contributed by atoms with Crippen LogP contribution in [0.2, 0.25) is 0 Å². The minimum Gasteiger partial charge on any atom is -0.468 e. The first-order valence-electron chi connectivity index (χ1n) is 9.25. The molecule has 1 aromatic heterocycles. The number of hydrogen-bond donors (Lipinski definition) is 0. The number of nitrogens with zero attached hydrogens (tertiary/aromatic N) is 3. The standard InChI is InChI=1S/C20H25N3O5/c1-15(16-6-4-3-5-7-16)23-14-21-12-17(23)20(25)28-13-18(19(24)26-2)22-8-10-27-11-9-22/h3-7,12,14-15,18H,8-11,13H2,1-2H3/t15-,18?/m1/s1. The summed E-state index contributed by atoms with van der Waals surface area (Å²) in [7, 11) is 1.33. The molecular formula is C20H25N3O5. The van der Waals surface area contributed by atoms with E-state index in [4.69, 9.17) is 14.2 Å². The van der Waals surface area contributed by atoms with Crippen molar-refractivity contribution < 1.29 is 23.8 Å². The Labute approximate surface area is 164 Å². The SMILES string of the molecule is COC(=O)C(COC(=O)c1cncn1[C@H](C)c1ccccc1)N1CCOCC1. The molecule has 2 atom stereocenters. The van der Waals surface area contributed by atoms with Crippen LogP contribution in [0.25, 0.3) is 0 Å². The van der Waals surface area contributed by atoms with Crippen LogP contribution in [0.3, 0.4) is 0 Å². The summed E-state index contributed by atoms with van der Waals surface area (Å²) in [5.74, 6) is -0.955. The Hall–Kier alpha value is -2.71. The largest absolute Gasteiger partial charge is 0.468 e.